The summed E-state index contributed by atoms with van der Waals surface area (Å²) in [7, 11) is 0. The van der Waals surface area contributed by atoms with Gasteiger partial charge in [-0.2, -0.15) is 10.1 Å². The van der Waals surface area contributed by atoms with E-state index in [0.29, 0.717) is 0 Å². The largest absolute Gasteiger partial charge is 0.448 e. The molecule has 0 atom stereocenters. The molecule has 1 aromatic carbocycles. The van der Waals surface area contributed by atoms with Crippen molar-refractivity contribution < 1.29 is 18.7 Å². The number of anilines is 1. The number of benzene rings is 1. The first kappa shape index (κ1) is 14.7. The van der Waals surface area contributed by atoms with Gasteiger partial charge in [0.1, 0.15) is 11.5 Å². The number of hydrogen-bond acceptors (Lipinski definition) is 4. The summed E-state index contributed by atoms with van der Waals surface area (Å²) in [6.07, 6.45) is 2.42. The average molecular weight is 291 g/mol. The maximum absolute atomic E-state index is 13.5. The van der Waals surface area contributed by atoms with Crippen LogP contribution in [0.3, 0.4) is 0 Å². The summed E-state index contributed by atoms with van der Waals surface area (Å²) in [6, 6.07) is 5.79. The fraction of sp³-hybridized carbons (Fsp3) is 0.214. The van der Waals surface area contributed by atoms with Crippen LogP contribution in [0.25, 0.3) is 0 Å². The highest BCUT2D eigenvalue weighted by molar-refractivity contribution is 6.47. The van der Waals surface area contributed by atoms with Crippen LogP contribution in [0.2, 0.25) is 0 Å². The van der Waals surface area contributed by atoms with Gasteiger partial charge in [0.25, 0.3) is 5.91 Å². The predicted octanol–water partition coefficient (Wildman–Crippen LogP) is 2.15. The number of amides is 2. The van der Waals surface area contributed by atoms with Gasteiger partial charge in [0.05, 0.1) is 18.8 Å². The smallest absolute Gasteiger partial charge is 0.430 e. The molecule has 110 valence electrons. The second-order valence-electron chi connectivity index (χ2n) is 4.10. The molecule has 0 saturated carbocycles. The van der Waals surface area contributed by atoms with Crippen LogP contribution in [0, 0.1) is 5.82 Å². The van der Waals surface area contributed by atoms with E-state index in [0.717, 1.165) is 5.01 Å². The van der Waals surface area contributed by atoms with Crippen molar-refractivity contribution in [3.63, 3.8) is 0 Å². The lowest BCUT2D eigenvalue weighted by Crippen LogP contribution is -2.34. The monoisotopic (exact) mass is 291 g/mol. The van der Waals surface area contributed by atoms with Crippen LogP contribution in [0.15, 0.2) is 41.5 Å². The van der Waals surface area contributed by atoms with Gasteiger partial charge >= 0.3 is 6.09 Å². The standard InChI is InChI=1S/C14H14FN3O3/c1-2-21-14(20)18-9-5-8-12(17-18)13(19)16-11-7-4-3-6-10(11)15/h3-8H,2,9H2,1H3,(H,16,19). The summed E-state index contributed by atoms with van der Waals surface area (Å²) in [4.78, 5) is 23.6. The first-order valence-electron chi connectivity index (χ1n) is 6.37. The van der Waals surface area contributed by atoms with E-state index in [9.17, 15) is 14.0 Å². The van der Waals surface area contributed by atoms with Crippen LogP contribution in [0.5, 0.6) is 0 Å². The third-order valence-corrected chi connectivity index (χ3v) is 2.62. The highest BCUT2D eigenvalue weighted by atomic mass is 19.1. The zero-order chi connectivity index (χ0) is 15.2. The van der Waals surface area contributed by atoms with Crippen LogP contribution >= 0.6 is 0 Å². The minimum Gasteiger partial charge on any atom is -0.448 e. The summed E-state index contributed by atoms with van der Waals surface area (Å²) in [5.41, 5.74) is 0.0458. The minimum absolute atomic E-state index is 0.00226. The Morgan fingerprint density at radius 2 is 2.19 bits per heavy atom. The van der Waals surface area contributed by atoms with E-state index < -0.39 is 17.8 Å². The molecule has 0 radical (unpaired) electrons. The maximum Gasteiger partial charge on any atom is 0.430 e. The van der Waals surface area contributed by atoms with Crippen LogP contribution in [-0.2, 0) is 9.53 Å². The van der Waals surface area contributed by atoms with Crippen LogP contribution in [0.4, 0.5) is 14.9 Å². The first-order valence-corrected chi connectivity index (χ1v) is 6.37. The fourth-order valence-electron chi connectivity index (χ4n) is 1.65. The summed E-state index contributed by atoms with van der Waals surface area (Å²) in [5, 5.41) is 7.30. The molecule has 21 heavy (non-hydrogen) atoms. The third-order valence-electron chi connectivity index (χ3n) is 2.62. The molecule has 2 amide bonds. The van der Waals surface area contributed by atoms with Gasteiger partial charge in [0.2, 0.25) is 0 Å². The van der Waals surface area contributed by atoms with Crippen molar-refractivity contribution in [3.8, 4) is 0 Å². The second-order valence-corrected chi connectivity index (χ2v) is 4.10. The lowest BCUT2D eigenvalue weighted by Gasteiger charge is -2.18. The zero-order valence-corrected chi connectivity index (χ0v) is 11.4. The topological polar surface area (TPSA) is 71.0 Å². The predicted molar refractivity (Wildman–Crippen MR) is 75.3 cm³/mol. The van der Waals surface area contributed by atoms with Crippen LogP contribution in [0.1, 0.15) is 6.92 Å². The van der Waals surface area contributed by atoms with Crippen molar-refractivity contribution in [1.29, 1.82) is 0 Å². The zero-order valence-electron chi connectivity index (χ0n) is 11.4. The number of ether oxygens (including phenoxy) is 1. The number of nitrogens with zero attached hydrogens (tertiary/aromatic N) is 2. The third kappa shape index (κ3) is 3.65. The Morgan fingerprint density at radius 3 is 2.90 bits per heavy atom. The number of para-hydroxylation sites is 1. The fourth-order valence-corrected chi connectivity index (χ4v) is 1.65. The molecule has 1 N–H and O–H groups in total. The van der Waals surface area contributed by atoms with Crippen LogP contribution < -0.4 is 5.32 Å². The minimum atomic E-state index is -0.641. The quantitative estimate of drug-likeness (QED) is 0.927. The van der Waals surface area contributed by atoms with Gasteiger partial charge in [-0.3, -0.25) is 4.79 Å². The Morgan fingerprint density at radius 1 is 1.43 bits per heavy atom. The molecule has 0 aromatic heterocycles. The van der Waals surface area contributed by atoms with Gasteiger partial charge in [-0.05, 0) is 25.1 Å². The van der Waals surface area contributed by atoms with Crippen molar-refractivity contribution in [3.05, 3.63) is 42.2 Å². The van der Waals surface area contributed by atoms with Crippen molar-refractivity contribution in [2.24, 2.45) is 5.10 Å². The number of rotatable bonds is 3. The summed E-state index contributed by atoms with van der Waals surface area (Å²) in [5.74, 6) is -1.15. The van der Waals surface area contributed by atoms with Gasteiger partial charge in [0.15, 0.2) is 0 Å². The molecular weight excluding hydrogens is 277 g/mol. The SMILES string of the molecule is CCOC(=O)N1CC=CC(C(=O)Nc2ccccc2F)=N1. The van der Waals surface area contributed by atoms with Gasteiger partial charge < -0.3 is 10.1 Å². The lowest BCUT2D eigenvalue weighted by molar-refractivity contribution is -0.110. The van der Waals surface area contributed by atoms with E-state index in [4.69, 9.17) is 4.74 Å². The molecule has 0 aliphatic carbocycles. The number of hydrazone groups is 1. The lowest BCUT2D eigenvalue weighted by atomic mass is 10.2. The maximum atomic E-state index is 13.5. The van der Waals surface area contributed by atoms with E-state index in [-0.39, 0.29) is 24.6 Å². The molecule has 2 rings (SSSR count). The Bertz CT molecular complexity index is 613. The van der Waals surface area contributed by atoms with Gasteiger partial charge in [0, 0.05) is 0 Å². The molecule has 1 heterocycles. The molecule has 0 unspecified atom stereocenters. The van der Waals surface area contributed by atoms with E-state index in [1.807, 2.05) is 0 Å². The Kier molecular flexibility index (Phi) is 4.65. The molecule has 6 nitrogen and oxygen atoms in total. The summed E-state index contributed by atoms with van der Waals surface area (Å²) in [6.45, 7) is 2.10. The highest BCUT2D eigenvalue weighted by Crippen LogP contribution is 2.13. The first-order chi connectivity index (χ1) is 10.1. The van der Waals surface area contributed by atoms with Crippen molar-refractivity contribution in [1.82, 2.24) is 5.01 Å². The van der Waals surface area contributed by atoms with Crippen molar-refractivity contribution in [2.75, 3.05) is 18.5 Å². The van der Waals surface area contributed by atoms with E-state index >= 15 is 0 Å². The van der Waals surface area contributed by atoms with E-state index in [2.05, 4.69) is 10.4 Å². The van der Waals surface area contributed by atoms with Crippen molar-refractivity contribution in [2.45, 2.75) is 6.92 Å². The number of carbonyl (C=O) groups is 2. The van der Waals surface area contributed by atoms with Gasteiger partial charge in [-0.1, -0.05) is 18.2 Å². The Labute approximate surface area is 120 Å². The second kappa shape index (κ2) is 6.65. The molecule has 1 aliphatic rings. The molecule has 0 fully saturated rings. The Balaban J connectivity index is 2.10. The molecule has 1 aliphatic heterocycles. The molecule has 7 heteroatoms. The van der Waals surface area contributed by atoms with E-state index in [1.54, 1.807) is 19.1 Å². The van der Waals surface area contributed by atoms with Gasteiger partial charge in [-0.25, -0.2) is 9.18 Å². The number of halogens is 1. The van der Waals surface area contributed by atoms with Crippen molar-refractivity contribution >= 4 is 23.4 Å². The number of hydrogen-bond donors (Lipinski definition) is 1. The molecule has 1 aromatic rings. The normalized spacial score (nSPS) is 13.6. The average Bonchev–Trinajstić information content (AvgIpc) is 2.50. The highest BCUT2D eigenvalue weighted by Gasteiger charge is 2.20. The number of carbonyl (C=O) groups excluding carboxylic acids is 2. The molecule has 0 bridgehead atoms. The van der Waals surface area contributed by atoms with E-state index in [1.165, 1.54) is 24.3 Å². The molecule has 0 saturated heterocycles. The summed E-state index contributed by atoms with van der Waals surface area (Å²) >= 11 is 0. The summed E-state index contributed by atoms with van der Waals surface area (Å²) < 4.78 is 18.3. The van der Waals surface area contributed by atoms with Crippen LogP contribution in [-0.4, -0.2) is 35.9 Å². The molecule has 0 spiro atoms. The number of nitrogens with one attached hydrogen (secondary N) is 1. The Hall–Kier alpha value is -2.70. The van der Waals surface area contributed by atoms with Gasteiger partial charge in [-0.15, -0.1) is 0 Å². The molecular formula is C14H14FN3O3.